The highest BCUT2D eigenvalue weighted by molar-refractivity contribution is 7.99. The van der Waals surface area contributed by atoms with Gasteiger partial charge in [0.25, 0.3) is 5.91 Å². The van der Waals surface area contributed by atoms with E-state index in [2.05, 4.69) is 57.3 Å². The van der Waals surface area contributed by atoms with Crippen molar-refractivity contribution in [1.29, 1.82) is 0 Å². The maximum absolute atomic E-state index is 12.9. The van der Waals surface area contributed by atoms with E-state index >= 15 is 0 Å². The van der Waals surface area contributed by atoms with E-state index in [9.17, 15) is 4.79 Å². The molecule has 0 spiro atoms. The molecule has 1 aliphatic heterocycles. The summed E-state index contributed by atoms with van der Waals surface area (Å²) in [4.78, 5) is 15.9. The highest BCUT2D eigenvalue weighted by Gasteiger charge is 2.20. The van der Waals surface area contributed by atoms with Gasteiger partial charge in [0, 0.05) is 36.8 Å². The van der Waals surface area contributed by atoms with Crippen LogP contribution in [0.4, 0.5) is 0 Å². The van der Waals surface area contributed by atoms with Crippen molar-refractivity contribution < 1.29 is 4.79 Å². The first-order valence-corrected chi connectivity index (χ1v) is 12.1. The quantitative estimate of drug-likeness (QED) is 0.355. The number of nitrogens with one attached hydrogen (secondary N) is 1. The van der Waals surface area contributed by atoms with Gasteiger partial charge in [-0.05, 0) is 65.5 Å². The zero-order valence-corrected chi connectivity index (χ0v) is 20.0. The van der Waals surface area contributed by atoms with Crippen LogP contribution in [0, 0.1) is 0 Å². The summed E-state index contributed by atoms with van der Waals surface area (Å²) in [6.45, 7) is 12.1. The lowest BCUT2D eigenvalue weighted by Gasteiger charge is -2.28. The number of thioether (sulfide) groups is 1. The molecule has 2 rings (SSSR count). The number of hydrogen-bond donors (Lipinski definition) is 1. The normalized spacial score (nSPS) is 15.3. The minimum atomic E-state index is 0.161. The summed E-state index contributed by atoms with van der Waals surface area (Å²) in [6.07, 6.45) is 11.5. The molecule has 4 heteroatoms. The predicted molar refractivity (Wildman–Crippen MR) is 131 cm³/mol. The van der Waals surface area contributed by atoms with E-state index in [4.69, 9.17) is 0 Å². The average Bonchev–Trinajstić information content (AvgIpc) is 2.74. The summed E-state index contributed by atoms with van der Waals surface area (Å²) in [5.41, 5.74) is 5.14. The summed E-state index contributed by atoms with van der Waals surface area (Å²) in [6, 6.07) is 8.02. The molecule has 1 saturated heterocycles. The van der Waals surface area contributed by atoms with Gasteiger partial charge in [0.2, 0.25) is 0 Å². The molecule has 0 saturated carbocycles. The molecule has 1 aliphatic rings. The Morgan fingerprint density at radius 1 is 0.967 bits per heavy atom. The molecule has 30 heavy (non-hydrogen) atoms. The van der Waals surface area contributed by atoms with E-state index in [-0.39, 0.29) is 5.91 Å². The minimum Gasteiger partial charge on any atom is -0.336 e. The summed E-state index contributed by atoms with van der Waals surface area (Å²) < 4.78 is 0. The Labute approximate surface area is 187 Å². The first-order chi connectivity index (χ1) is 14.5. The molecule has 1 amide bonds. The molecular weight excluding hydrogens is 388 g/mol. The van der Waals surface area contributed by atoms with Crippen LogP contribution in [0.15, 0.2) is 64.1 Å². The molecule has 164 valence electrons. The number of nitrogens with zero attached hydrogens (tertiary/aromatic N) is 1. The molecule has 0 bridgehead atoms. The lowest BCUT2D eigenvalue weighted by molar-refractivity contribution is 0.0732. The fourth-order valence-electron chi connectivity index (χ4n) is 3.42. The molecule has 0 unspecified atom stereocenters. The largest absolute Gasteiger partial charge is 0.336 e. The fraction of sp³-hybridized carbons (Fsp3) is 0.500. The highest BCUT2D eigenvalue weighted by atomic mass is 32.2. The van der Waals surface area contributed by atoms with Gasteiger partial charge in [-0.25, -0.2) is 0 Å². The molecule has 0 radical (unpaired) electrons. The molecule has 1 aromatic rings. The zero-order chi connectivity index (χ0) is 21.8. The Morgan fingerprint density at radius 3 is 2.30 bits per heavy atom. The van der Waals surface area contributed by atoms with Crippen LogP contribution < -0.4 is 5.32 Å². The SMILES string of the molecule is CC(C)=CCC/C(C)=C/CC/C(C)=C/CSc1ccccc1C(=O)N1CCNCC1. The Hall–Kier alpha value is -1.78. The lowest BCUT2D eigenvalue weighted by atomic mass is 10.1. The van der Waals surface area contributed by atoms with Gasteiger partial charge in [-0.3, -0.25) is 4.79 Å². The Balaban J connectivity index is 1.82. The van der Waals surface area contributed by atoms with Crippen LogP contribution in [0.1, 0.15) is 63.7 Å². The van der Waals surface area contributed by atoms with Crippen molar-refractivity contribution in [3.05, 3.63) is 64.8 Å². The van der Waals surface area contributed by atoms with Crippen molar-refractivity contribution in [3.8, 4) is 0 Å². The molecule has 3 nitrogen and oxygen atoms in total. The van der Waals surface area contributed by atoms with Crippen LogP contribution in [0.3, 0.4) is 0 Å². The van der Waals surface area contributed by atoms with Crippen LogP contribution in [0.25, 0.3) is 0 Å². The second kappa shape index (κ2) is 13.5. The van der Waals surface area contributed by atoms with E-state index in [1.54, 1.807) is 11.8 Å². The monoisotopic (exact) mass is 426 g/mol. The molecule has 1 aromatic carbocycles. The van der Waals surface area contributed by atoms with E-state index in [0.717, 1.165) is 68.1 Å². The topological polar surface area (TPSA) is 32.3 Å². The summed E-state index contributed by atoms with van der Waals surface area (Å²) in [5, 5.41) is 3.31. The van der Waals surface area contributed by atoms with Crippen LogP contribution in [-0.2, 0) is 0 Å². The van der Waals surface area contributed by atoms with Gasteiger partial charge >= 0.3 is 0 Å². The maximum atomic E-state index is 12.9. The molecule has 0 aromatic heterocycles. The smallest absolute Gasteiger partial charge is 0.255 e. The van der Waals surface area contributed by atoms with Crippen LogP contribution in [0.2, 0.25) is 0 Å². The molecule has 1 fully saturated rings. The zero-order valence-electron chi connectivity index (χ0n) is 19.2. The summed E-state index contributed by atoms with van der Waals surface area (Å²) >= 11 is 1.76. The fourth-order valence-corrected chi connectivity index (χ4v) is 4.45. The van der Waals surface area contributed by atoms with E-state index in [1.807, 2.05) is 23.1 Å². The highest BCUT2D eigenvalue weighted by Crippen LogP contribution is 2.25. The first kappa shape index (κ1) is 24.5. The standard InChI is InChI=1S/C26H38N2OS/c1-21(2)9-7-10-22(3)11-8-12-23(4)15-20-30-25-14-6-5-13-24(25)26(29)28-18-16-27-17-19-28/h5-6,9,11,13-15,27H,7-8,10,12,16-20H2,1-4H3/b22-11+,23-15+. The minimum absolute atomic E-state index is 0.161. The third kappa shape index (κ3) is 8.93. The van der Waals surface area contributed by atoms with Gasteiger partial charge in [-0.15, -0.1) is 11.8 Å². The number of benzene rings is 1. The number of carbonyl (C=O) groups is 1. The van der Waals surface area contributed by atoms with Gasteiger partial charge in [-0.1, -0.05) is 47.1 Å². The number of piperazine rings is 1. The van der Waals surface area contributed by atoms with Crippen molar-refractivity contribution in [3.63, 3.8) is 0 Å². The second-order valence-electron chi connectivity index (χ2n) is 8.31. The van der Waals surface area contributed by atoms with Crippen molar-refractivity contribution in [1.82, 2.24) is 10.2 Å². The Morgan fingerprint density at radius 2 is 1.60 bits per heavy atom. The third-order valence-corrected chi connectivity index (χ3v) is 6.32. The number of hydrogen-bond acceptors (Lipinski definition) is 3. The van der Waals surface area contributed by atoms with Gasteiger partial charge in [0.05, 0.1) is 5.56 Å². The lowest BCUT2D eigenvalue weighted by Crippen LogP contribution is -2.46. The summed E-state index contributed by atoms with van der Waals surface area (Å²) in [5.74, 6) is 1.06. The molecule has 1 heterocycles. The van der Waals surface area contributed by atoms with Gasteiger partial charge in [-0.2, -0.15) is 0 Å². The van der Waals surface area contributed by atoms with E-state index < -0.39 is 0 Å². The Bertz CT molecular complexity index is 769. The van der Waals surface area contributed by atoms with E-state index in [0.29, 0.717) is 0 Å². The molecule has 0 aliphatic carbocycles. The molecular formula is C26H38N2OS. The van der Waals surface area contributed by atoms with Crippen LogP contribution in [0.5, 0.6) is 0 Å². The number of amides is 1. The van der Waals surface area contributed by atoms with Crippen LogP contribution in [-0.4, -0.2) is 42.7 Å². The van der Waals surface area contributed by atoms with Crippen molar-refractivity contribution in [2.45, 2.75) is 58.3 Å². The summed E-state index contributed by atoms with van der Waals surface area (Å²) in [7, 11) is 0. The van der Waals surface area contributed by atoms with Gasteiger partial charge in [0.15, 0.2) is 0 Å². The van der Waals surface area contributed by atoms with Crippen molar-refractivity contribution >= 4 is 17.7 Å². The van der Waals surface area contributed by atoms with Crippen molar-refractivity contribution in [2.75, 3.05) is 31.9 Å². The van der Waals surface area contributed by atoms with E-state index in [1.165, 1.54) is 16.7 Å². The molecule has 0 atom stereocenters. The molecule has 1 N–H and O–H groups in total. The third-order valence-electron chi connectivity index (χ3n) is 5.32. The maximum Gasteiger partial charge on any atom is 0.255 e. The predicted octanol–water partition coefficient (Wildman–Crippen LogP) is 6.24. The number of rotatable bonds is 10. The second-order valence-corrected chi connectivity index (χ2v) is 9.37. The van der Waals surface area contributed by atoms with Gasteiger partial charge < -0.3 is 10.2 Å². The average molecular weight is 427 g/mol. The number of carbonyl (C=O) groups excluding carboxylic acids is 1. The van der Waals surface area contributed by atoms with Crippen molar-refractivity contribution in [2.24, 2.45) is 0 Å². The van der Waals surface area contributed by atoms with Gasteiger partial charge in [0.1, 0.15) is 0 Å². The van der Waals surface area contributed by atoms with Crippen LogP contribution >= 0.6 is 11.8 Å². The Kier molecular flexibility index (Phi) is 11.0. The number of allylic oxidation sites excluding steroid dienone is 5. The first-order valence-electron chi connectivity index (χ1n) is 11.1.